The highest BCUT2D eigenvalue weighted by atomic mass is 79.9. The molecule has 0 saturated carbocycles. The quantitative estimate of drug-likeness (QED) is 0.807. The molecule has 0 aliphatic heterocycles. The predicted octanol–water partition coefficient (Wildman–Crippen LogP) is 2.83. The SMILES string of the molecule is CCc1nnc(SCC(=O)O)n1Cc1ccccc1Br. The van der Waals surface area contributed by atoms with Gasteiger partial charge in [0.15, 0.2) is 5.16 Å². The normalized spacial score (nSPS) is 10.7. The molecule has 0 fully saturated rings. The first kappa shape index (κ1) is 15.1. The van der Waals surface area contributed by atoms with Crippen LogP contribution in [0.15, 0.2) is 33.9 Å². The van der Waals surface area contributed by atoms with Gasteiger partial charge in [0.2, 0.25) is 0 Å². The van der Waals surface area contributed by atoms with Crippen molar-refractivity contribution in [2.45, 2.75) is 25.0 Å². The molecule has 106 valence electrons. The maximum atomic E-state index is 10.7. The largest absolute Gasteiger partial charge is 0.481 e. The van der Waals surface area contributed by atoms with Gasteiger partial charge in [-0.05, 0) is 11.6 Å². The van der Waals surface area contributed by atoms with Gasteiger partial charge < -0.3 is 9.67 Å². The lowest BCUT2D eigenvalue weighted by molar-refractivity contribution is -0.133. The van der Waals surface area contributed by atoms with Gasteiger partial charge in [0.1, 0.15) is 5.82 Å². The summed E-state index contributed by atoms with van der Waals surface area (Å²) in [7, 11) is 0. The molecule has 0 amide bonds. The van der Waals surface area contributed by atoms with Crippen LogP contribution in [0.5, 0.6) is 0 Å². The summed E-state index contributed by atoms with van der Waals surface area (Å²) in [5, 5.41) is 17.6. The van der Waals surface area contributed by atoms with E-state index < -0.39 is 5.97 Å². The second-order valence-electron chi connectivity index (χ2n) is 4.11. The number of benzene rings is 1. The number of nitrogens with zero attached hydrogens (tertiary/aromatic N) is 3. The minimum atomic E-state index is -0.858. The fourth-order valence-electron chi connectivity index (χ4n) is 1.77. The maximum Gasteiger partial charge on any atom is 0.313 e. The molecule has 0 spiro atoms. The number of hydrogen-bond acceptors (Lipinski definition) is 4. The number of hydrogen-bond donors (Lipinski definition) is 1. The van der Waals surface area contributed by atoms with Crippen LogP contribution in [-0.4, -0.2) is 31.6 Å². The predicted molar refractivity (Wildman–Crippen MR) is 81.0 cm³/mol. The molecule has 1 aromatic heterocycles. The number of carbonyl (C=O) groups is 1. The smallest absolute Gasteiger partial charge is 0.313 e. The van der Waals surface area contributed by atoms with Crippen LogP contribution in [0.4, 0.5) is 0 Å². The topological polar surface area (TPSA) is 68.0 Å². The van der Waals surface area contributed by atoms with Crippen LogP contribution in [-0.2, 0) is 17.8 Å². The number of rotatable bonds is 6. The first-order valence-corrected chi connectivity index (χ1v) is 7.89. The lowest BCUT2D eigenvalue weighted by Gasteiger charge is -2.10. The first-order valence-electron chi connectivity index (χ1n) is 6.12. The molecule has 2 aromatic rings. The van der Waals surface area contributed by atoms with Crippen molar-refractivity contribution in [1.29, 1.82) is 0 Å². The standard InChI is InChI=1S/C13H14BrN3O2S/c1-2-11-15-16-13(20-8-12(18)19)17(11)7-9-5-3-4-6-10(9)14/h3-6H,2,7-8H2,1H3,(H,18,19). The van der Waals surface area contributed by atoms with Crippen LogP contribution in [0.1, 0.15) is 18.3 Å². The molecule has 7 heteroatoms. The highest BCUT2D eigenvalue weighted by molar-refractivity contribution is 9.10. The fraction of sp³-hybridized carbons (Fsp3) is 0.308. The summed E-state index contributed by atoms with van der Waals surface area (Å²) in [6, 6.07) is 7.94. The van der Waals surface area contributed by atoms with Gasteiger partial charge in [-0.3, -0.25) is 4.79 Å². The van der Waals surface area contributed by atoms with Crippen molar-refractivity contribution in [3.8, 4) is 0 Å². The summed E-state index contributed by atoms with van der Waals surface area (Å²) in [4.78, 5) is 10.7. The van der Waals surface area contributed by atoms with E-state index in [0.29, 0.717) is 11.7 Å². The number of aryl methyl sites for hydroxylation is 1. The van der Waals surface area contributed by atoms with Crippen molar-refractivity contribution in [3.63, 3.8) is 0 Å². The zero-order chi connectivity index (χ0) is 14.5. The van der Waals surface area contributed by atoms with Crippen molar-refractivity contribution in [3.05, 3.63) is 40.1 Å². The number of halogens is 1. The molecule has 0 atom stereocenters. The van der Waals surface area contributed by atoms with Gasteiger partial charge in [-0.1, -0.05) is 52.8 Å². The van der Waals surface area contributed by atoms with Gasteiger partial charge in [0.25, 0.3) is 0 Å². The Kier molecular flexibility index (Phi) is 5.19. The van der Waals surface area contributed by atoms with E-state index in [1.54, 1.807) is 0 Å². The van der Waals surface area contributed by atoms with Crippen LogP contribution < -0.4 is 0 Å². The Balaban J connectivity index is 2.27. The molecular weight excluding hydrogens is 342 g/mol. The maximum absolute atomic E-state index is 10.7. The van der Waals surface area contributed by atoms with E-state index in [1.807, 2.05) is 35.8 Å². The van der Waals surface area contributed by atoms with Gasteiger partial charge in [-0.15, -0.1) is 10.2 Å². The third-order valence-corrected chi connectivity index (χ3v) is 4.45. The third kappa shape index (κ3) is 3.61. The molecule has 0 radical (unpaired) electrons. The number of carboxylic acid groups (broad SMARTS) is 1. The Labute approximate surface area is 129 Å². The van der Waals surface area contributed by atoms with Crippen LogP contribution in [0, 0.1) is 0 Å². The fourth-order valence-corrected chi connectivity index (χ4v) is 2.86. The average molecular weight is 356 g/mol. The summed E-state index contributed by atoms with van der Waals surface area (Å²) in [6.45, 7) is 2.63. The van der Waals surface area contributed by atoms with Crippen molar-refractivity contribution >= 4 is 33.7 Å². The number of aromatic nitrogens is 3. The van der Waals surface area contributed by atoms with E-state index in [4.69, 9.17) is 5.11 Å². The van der Waals surface area contributed by atoms with Gasteiger partial charge in [0.05, 0.1) is 12.3 Å². The lowest BCUT2D eigenvalue weighted by Crippen LogP contribution is -2.08. The summed E-state index contributed by atoms with van der Waals surface area (Å²) < 4.78 is 2.98. The van der Waals surface area contributed by atoms with E-state index in [1.165, 1.54) is 11.8 Å². The van der Waals surface area contributed by atoms with E-state index in [2.05, 4.69) is 26.1 Å². The Hall–Kier alpha value is -1.34. The number of aliphatic carboxylic acids is 1. The van der Waals surface area contributed by atoms with E-state index in [9.17, 15) is 4.79 Å². The summed E-state index contributed by atoms with van der Waals surface area (Å²) in [5.74, 6) is -0.0187. The number of carboxylic acids is 1. The van der Waals surface area contributed by atoms with E-state index in [-0.39, 0.29) is 5.75 Å². The Morgan fingerprint density at radius 3 is 2.80 bits per heavy atom. The molecule has 1 heterocycles. The molecule has 0 saturated heterocycles. The van der Waals surface area contributed by atoms with Gasteiger partial charge >= 0.3 is 5.97 Å². The zero-order valence-corrected chi connectivity index (χ0v) is 13.3. The lowest BCUT2D eigenvalue weighted by atomic mass is 10.2. The molecule has 1 N–H and O–H groups in total. The van der Waals surface area contributed by atoms with Crippen LogP contribution in [0.25, 0.3) is 0 Å². The molecule has 0 unspecified atom stereocenters. The van der Waals surface area contributed by atoms with Crippen molar-refractivity contribution in [2.24, 2.45) is 0 Å². The zero-order valence-electron chi connectivity index (χ0n) is 10.9. The molecule has 0 aliphatic rings. The third-order valence-electron chi connectivity index (χ3n) is 2.72. The van der Waals surface area contributed by atoms with Crippen molar-refractivity contribution in [1.82, 2.24) is 14.8 Å². The second kappa shape index (κ2) is 6.90. The summed E-state index contributed by atoms with van der Waals surface area (Å²) in [5.41, 5.74) is 1.11. The molecule has 2 rings (SSSR count). The summed E-state index contributed by atoms with van der Waals surface area (Å²) in [6.07, 6.45) is 0.755. The molecule has 5 nitrogen and oxygen atoms in total. The molecular formula is C13H14BrN3O2S. The monoisotopic (exact) mass is 355 g/mol. The van der Waals surface area contributed by atoms with Crippen LogP contribution >= 0.6 is 27.7 Å². The molecule has 0 aliphatic carbocycles. The minimum Gasteiger partial charge on any atom is -0.481 e. The second-order valence-corrected chi connectivity index (χ2v) is 5.91. The number of thioether (sulfide) groups is 1. The summed E-state index contributed by atoms with van der Waals surface area (Å²) >= 11 is 4.71. The van der Waals surface area contributed by atoms with Crippen molar-refractivity contribution in [2.75, 3.05) is 5.75 Å². The molecule has 1 aromatic carbocycles. The average Bonchev–Trinajstić information content (AvgIpc) is 2.81. The van der Waals surface area contributed by atoms with E-state index in [0.717, 1.165) is 22.3 Å². The van der Waals surface area contributed by atoms with Gasteiger partial charge in [0, 0.05) is 10.9 Å². The van der Waals surface area contributed by atoms with Crippen LogP contribution in [0.3, 0.4) is 0 Å². The van der Waals surface area contributed by atoms with Gasteiger partial charge in [-0.25, -0.2) is 0 Å². The molecule has 20 heavy (non-hydrogen) atoms. The minimum absolute atomic E-state index is 0.0161. The Bertz CT molecular complexity index is 615. The van der Waals surface area contributed by atoms with Crippen LogP contribution in [0.2, 0.25) is 0 Å². The highest BCUT2D eigenvalue weighted by Gasteiger charge is 2.14. The van der Waals surface area contributed by atoms with Gasteiger partial charge in [-0.2, -0.15) is 0 Å². The van der Waals surface area contributed by atoms with Crippen molar-refractivity contribution < 1.29 is 9.90 Å². The highest BCUT2D eigenvalue weighted by Crippen LogP contribution is 2.22. The van der Waals surface area contributed by atoms with E-state index >= 15 is 0 Å². The Morgan fingerprint density at radius 2 is 2.15 bits per heavy atom. The molecule has 0 bridgehead atoms. The first-order chi connectivity index (χ1) is 9.61. The Morgan fingerprint density at radius 1 is 1.40 bits per heavy atom.